The van der Waals surface area contributed by atoms with E-state index in [4.69, 9.17) is 4.74 Å². The van der Waals surface area contributed by atoms with Gasteiger partial charge in [-0.05, 0) is 63.4 Å². The largest absolute Gasteiger partial charge is 0.494 e. The maximum atomic E-state index is 10.6. The smallest absolute Gasteiger partial charge is 0.151 e. The van der Waals surface area contributed by atoms with E-state index in [0.717, 1.165) is 43.1 Å². The van der Waals surface area contributed by atoms with Gasteiger partial charge in [0.05, 0.1) is 19.5 Å². The van der Waals surface area contributed by atoms with Crippen molar-refractivity contribution in [3.63, 3.8) is 0 Å². The van der Waals surface area contributed by atoms with E-state index in [9.17, 15) is 4.79 Å². The van der Waals surface area contributed by atoms with Crippen molar-refractivity contribution >= 4 is 17.8 Å². The van der Waals surface area contributed by atoms with Gasteiger partial charge in [0.15, 0.2) is 5.78 Å². The summed E-state index contributed by atoms with van der Waals surface area (Å²) >= 11 is 0. The van der Waals surface area contributed by atoms with Crippen LogP contribution in [-0.4, -0.2) is 38.4 Å². The second-order valence-corrected chi connectivity index (χ2v) is 7.92. The maximum absolute atomic E-state index is 10.6. The van der Waals surface area contributed by atoms with Gasteiger partial charge in [0.25, 0.3) is 0 Å². The highest BCUT2D eigenvalue weighted by atomic mass is 16.5. The molecule has 0 aromatic heterocycles. The van der Waals surface area contributed by atoms with E-state index in [1.165, 1.54) is 25.2 Å². The van der Waals surface area contributed by atoms with E-state index in [1.807, 2.05) is 42.5 Å². The number of hydrogen-bond donors (Lipinski definition) is 2. The van der Waals surface area contributed by atoms with Crippen molar-refractivity contribution in [2.24, 2.45) is 10.9 Å². The molecule has 32 heavy (non-hydrogen) atoms. The summed E-state index contributed by atoms with van der Waals surface area (Å²) in [5.74, 6) is 1.69. The van der Waals surface area contributed by atoms with Crippen molar-refractivity contribution in [2.45, 2.75) is 40.5 Å². The van der Waals surface area contributed by atoms with Gasteiger partial charge in [0, 0.05) is 5.70 Å². The molecule has 0 amide bonds. The highest BCUT2D eigenvalue weighted by Crippen LogP contribution is 2.12. The molecule has 5 nitrogen and oxygen atoms in total. The van der Waals surface area contributed by atoms with Crippen LogP contribution in [0.1, 0.15) is 44.7 Å². The molecule has 2 rings (SSSR count). The van der Waals surface area contributed by atoms with Crippen LogP contribution in [0.4, 0.5) is 0 Å². The summed E-state index contributed by atoms with van der Waals surface area (Å²) in [6.07, 6.45) is 3.80. The molecule has 0 radical (unpaired) electrons. The lowest BCUT2D eigenvalue weighted by Gasteiger charge is -2.13. The van der Waals surface area contributed by atoms with E-state index in [0.29, 0.717) is 5.92 Å². The number of carbonyl (C=O) groups excluding carboxylic acids is 1. The van der Waals surface area contributed by atoms with Crippen LogP contribution in [0.5, 0.6) is 5.75 Å². The minimum Gasteiger partial charge on any atom is -0.494 e. The number of carbonyl (C=O) groups is 1. The van der Waals surface area contributed by atoms with E-state index >= 15 is 0 Å². The number of aryl methyl sites for hydroxylation is 1. The monoisotopic (exact) mass is 437 g/mol. The molecule has 0 spiro atoms. The summed E-state index contributed by atoms with van der Waals surface area (Å²) < 4.78 is 5.71. The summed E-state index contributed by atoms with van der Waals surface area (Å²) in [6, 6.07) is 18.0. The van der Waals surface area contributed by atoms with Gasteiger partial charge in [-0.25, -0.2) is 0 Å². The molecule has 2 N–H and O–H groups in total. The van der Waals surface area contributed by atoms with Crippen LogP contribution >= 0.6 is 0 Å². The molecule has 0 aliphatic carbocycles. The van der Waals surface area contributed by atoms with Gasteiger partial charge in [0.2, 0.25) is 0 Å². The van der Waals surface area contributed by atoms with Gasteiger partial charge in [-0.15, -0.1) is 0 Å². The molecule has 5 heteroatoms. The number of Topliss-reactive ketones (excluding diaryl/α,β-unsaturated/α-hetero) is 1. The van der Waals surface area contributed by atoms with Crippen molar-refractivity contribution in [3.8, 4) is 5.75 Å². The van der Waals surface area contributed by atoms with Crippen molar-refractivity contribution in [2.75, 3.05) is 26.2 Å². The fourth-order valence-electron chi connectivity index (χ4n) is 2.66. The van der Waals surface area contributed by atoms with Crippen LogP contribution in [0.2, 0.25) is 0 Å². The Hall–Kier alpha value is -2.92. The summed E-state index contributed by atoms with van der Waals surface area (Å²) in [4.78, 5) is 14.5. The molecule has 2 aromatic carbocycles. The molecule has 174 valence electrons. The number of aliphatic imine (C=N–C) groups is 1. The Morgan fingerprint density at radius 2 is 1.84 bits per heavy atom. The summed E-state index contributed by atoms with van der Waals surface area (Å²) in [7, 11) is 0. The van der Waals surface area contributed by atoms with Crippen LogP contribution < -0.4 is 15.4 Å². The quantitative estimate of drug-likeness (QED) is 0.255. The molecular formula is C27H39N3O2. The highest BCUT2D eigenvalue weighted by molar-refractivity contribution is 5.80. The van der Waals surface area contributed by atoms with Crippen molar-refractivity contribution in [1.82, 2.24) is 10.6 Å². The molecule has 0 unspecified atom stereocenters. The first kappa shape index (κ1) is 27.1. The van der Waals surface area contributed by atoms with Gasteiger partial charge in [-0.1, -0.05) is 68.5 Å². The first-order chi connectivity index (χ1) is 15.4. The average Bonchev–Trinajstić information content (AvgIpc) is 2.79. The maximum Gasteiger partial charge on any atom is 0.151 e. The third-order valence-corrected chi connectivity index (χ3v) is 4.59. The number of benzene rings is 2. The first-order valence-corrected chi connectivity index (χ1v) is 11.3. The first-order valence-electron chi connectivity index (χ1n) is 11.3. The Labute approximate surface area is 194 Å². The third-order valence-electron chi connectivity index (χ3n) is 4.59. The summed E-state index contributed by atoms with van der Waals surface area (Å²) in [6.45, 7) is 15.1. The number of ketones is 1. The van der Waals surface area contributed by atoms with Gasteiger partial charge in [0.1, 0.15) is 5.75 Å². The van der Waals surface area contributed by atoms with Crippen molar-refractivity contribution in [3.05, 3.63) is 72.3 Å². The topological polar surface area (TPSA) is 62.7 Å². The Morgan fingerprint density at radius 3 is 2.47 bits per heavy atom. The molecule has 0 heterocycles. The molecule has 0 saturated heterocycles. The predicted molar refractivity (Wildman–Crippen MR) is 136 cm³/mol. The van der Waals surface area contributed by atoms with Crippen molar-refractivity contribution in [1.29, 1.82) is 0 Å². The standard InChI is InChI=1S/C15H25NO.C12H14N2O/c1-4-10-16-12-14(3)9-11-17-15-7-5-13(2)6-8-15;1-10(15)8-13-9-14-11(2)12-6-4-3-5-7-12/h5-8,14,16H,4,9-12H2,1-3H3;3-7,9H,2,8H2,1H3,(H,13,14)/t14-;/m1./s1. The zero-order valence-corrected chi connectivity index (χ0v) is 20.1. The number of ether oxygens (including phenoxy) is 1. The number of hydrogen-bond acceptors (Lipinski definition) is 4. The van der Waals surface area contributed by atoms with E-state index in [-0.39, 0.29) is 12.3 Å². The van der Waals surface area contributed by atoms with Crippen molar-refractivity contribution < 1.29 is 9.53 Å². The van der Waals surface area contributed by atoms with Crippen LogP contribution in [-0.2, 0) is 4.79 Å². The molecule has 1 atom stereocenters. The van der Waals surface area contributed by atoms with E-state index < -0.39 is 0 Å². The lowest BCUT2D eigenvalue weighted by atomic mass is 10.1. The van der Waals surface area contributed by atoms with Gasteiger partial charge < -0.3 is 15.4 Å². The zero-order valence-electron chi connectivity index (χ0n) is 20.1. The van der Waals surface area contributed by atoms with Gasteiger partial charge in [-0.2, -0.15) is 0 Å². The Balaban J connectivity index is 0.000000323. The second kappa shape index (κ2) is 16.7. The lowest BCUT2D eigenvalue weighted by molar-refractivity contribution is -0.115. The summed E-state index contributed by atoms with van der Waals surface area (Å²) in [5, 5.41) is 6.35. The Morgan fingerprint density at radius 1 is 1.16 bits per heavy atom. The minimum atomic E-state index is 0.0402. The molecule has 0 aliphatic rings. The second-order valence-electron chi connectivity index (χ2n) is 7.92. The Bertz CT molecular complexity index is 801. The van der Waals surface area contributed by atoms with Crippen LogP contribution in [0.3, 0.4) is 0 Å². The molecule has 0 aliphatic heterocycles. The molecule has 2 aromatic rings. The molecule has 0 saturated carbocycles. The molecule has 0 fully saturated rings. The zero-order chi connectivity index (χ0) is 23.6. The van der Waals surface area contributed by atoms with Gasteiger partial charge >= 0.3 is 0 Å². The lowest BCUT2D eigenvalue weighted by Crippen LogP contribution is -2.23. The number of nitrogens with one attached hydrogen (secondary N) is 2. The SMILES string of the molecule is C=C(NC=NCC(C)=O)c1ccccc1.CCCNC[C@H](C)CCOc1ccc(C)cc1. The van der Waals surface area contributed by atoms with Crippen LogP contribution in [0, 0.1) is 12.8 Å². The molecule has 0 bridgehead atoms. The van der Waals surface area contributed by atoms with E-state index in [1.54, 1.807) is 0 Å². The van der Waals surface area contributed by atoms with Gasteiger partial charge in [-0.3, -0.25) is 9.79 Å². The van der Waals surface area contributed by atoms with Crippen LogP contribution in [0.15, 0.2) is 66.2 Å². The normalized spacial score (nSPS) is 11.4. The fourth-order valence-corrected chi connectivity index (χ4v) is 2.66. The average molecular weight is 438 g/mol. The number of rotatable bonds is 13. The number of nitrogens with zero attached hydrogens (tertiary/aromatic N) is 1. The summed E-state index contributed by atoms with van der Waals surface area (Å²) in [5.41, 5.74) is 3.05. The predicted octanol–water partition coefficient (Wildman–Crippen LogP) is 5.26. The minimum absolute atomic E-state index is 0.0402. The third kappa shape index (κ3) is 13.4. The van der Waals surface area contributed by atoms with Crippen LogP contribution in [0.25, 0.3) is 5.70 Å². The highest BCUT2D eigenvalue weighted by Gasteiger charge is 2.02. The Kier molecular flexibility index (Phi) is 14.2. The fraction of sp³-hybridized carbons (Fsp3) is 0.407. The van der Waals surface area contributed by atoms with E-state index in [2.05, 4.69) is 55.1 Å². The molecular weight excluding hydrogens is 398 g/mol.